The molecule has 0 aliphatic carbocycles. The van der Waals surface area contributed by atoms with Gasteiger partial charge < -0.3 is 4.90 Å². The third-order valence-electron chi connectivity index (χ3n) is 2.28. The van der Waals surface area contributed by atoms with Crippen LogP contribution in [0.2, 0.25) is 0 Å². The van der Waals surface area contributed by atoms with Gasteiger partial charge in [-0.15, -0.1) is 0 Å². The molecule has 0 aliphatic heterocycles. The van der Waals surface area contributed by atoms with Crippen LogP contribution in [0.1, 0.15) is 33.6 Å². The van der Waals surface area contributed by atoms with Gasteiger partial charge in [-0.05, 0) is 12.3 Å². The van der Waals surface area contributed by atoms with Gasteiger partial charge >= 0.3 is 6.18 Å². The first-order chi connectivity index (χ1) is 7.69. The molecule has 6 heteroatoms. The lowest BCUT2D eigenvalue weighted by molar-refractivity contribution is -0.161. The predicted octanol–water partition coefficient (Wildman–Crippen LogP) is 3.60. The van der Waals surface area contributed by atoms with E-state index < -0.39 is 23.5 Å². The molecule has 0 rings (SSSR count). The quantitative estimate of drug-likeness (QED) is 0.685. The Bertz CT molecular complexity index is 243. The zero-order valence-electron chi connectivity index (χ0n) is 10.4. The van der Waals surface area contributed by atoms with E-state index in [9.17, 15) is 18.0 Å². The maximum absolute atomic E-state index is 12.3. The fraction of sp³-hybridized carbons (Fsp3) is 0.909. The lowest BCUT2D eigenvalue weighted by Gasteiger charge is -2.27. The summed E-state index contributed by atoms with van der Waals surface area (Å²) in [6, 6.07) is 0. The van der Waals surface area contributed by atoms with Crippen LogP contribution in [0.4, 0.5) is 13.2 Å². The highest BCUT2D eigenvalue weighted by molar-refractivity contribution is 9.10. The van der Waals surface area contributed by atoms with Crippen molar-refractivity contribution in [2.75, 3.05) is 13.1 Å². The summed E-state index contributed by atoms with van der Waals surface area (Å²) >= 11 is 3.15. The molecular weight excluding hydrogens is 299 g/mol. The summed E-state index contributed by atoms with van der Waals surface area (Å²) in [4.78, 5) is 12.2. The molecule has 0 radical (unpaired) electrons. The van der Waals surface area contributed by atoms with Crippen LogP contribution in [-0.4, -0.2) is 34.9 Å². The monoisotopic (exact) mass is 317 g/mol. The maximum atomic E-state index is 12.3. The molecule has 0 saturated carbocycles. The number of rotatable bonds is 6. The fourth-order valence-corrected chi connectivity index (χ4v) is 1.58. The van der Waals surface area contributed by atoms with E-state index in [-0.39, 0.29) is 12.5 Å². The second kappa shape index (κ2) is 7.24. The molecule has 0 aromatic heterocycles. The van der Waals surface area contributed by atoms with Crippen molar-refractivity contribution in [3.63, 3.8) is 0 Å². The smallest absolute Gasteiger partial charge is 0.333 e. The van der Waals surface area contributed by atoms with Gasteiger partial charge in [0, 0.05) is 6.54 Å². The van der Waals surface area contributed by atoms with Crippen LogP contribution in [0.5, 0.6) is 0 Å². The molecule has 1 atom stereocenters. The predicted molar refractivity (Wildman–Crippen MR) is 65.1 cm³/mol. The van der Waals surface area contributed by atoms with Crippen molar-refractivity contribution < 1.29 is 18.0 Å². The Balaban J connectivity index is 4.61. The molecule has 2 nitrogen and oxygen atoms in total. The Labute approximate surface area is 109 Å². The molecule has 0 bridgehead atoms. The van der Waals surface area contributed by atoms with Crippen LogP contribution in [0.25, 0.3) is 0 Å². The van der Waals surface area contributed by atoms with E-state index in [0.29, 0.717) is 6.42 Å². The van der Waals surface area contributed by atoms with Gasteiger partial charge in [-0.2, -0.15) is 13.2 Å². The van der Waals surface area contributed by atoms with Crippen LogP contribution >= 0.6 is 15.9 Å². The zero-order chi connectivity index (χ0) is 13.6. The number of hydrogen-bond donors (Lipinski definition) is 0. The summed E-state index contributed by atoms with van der Waals surface area (Å²) in [5.41, 5.74) is 0. The first kappa shape index (κ1) is 16.7. The van der Waals surface area contributed by atoms with Crippen molar-refractivity contribution >= 4 is 21.8 Å². The topological polar surface area (TPSA) is 20.3 Å². The molecule has 1 unspecified atom stereocenters. The summed E-state index contributed by atoms with van der Waals surface area (Å²) in [5, 5.41) is 0. The van der Waals surface area contributed by atoms with E-state index in [4.69, 9.17) is 0 Å². The molecule has 0 saturated heterocycles. The lowest BCUT2D eigenvalue weighted by atomic mass is 10.1. The highest BCUT2D eigenvalue weighted by Crippen LogP contribution is 2.21. The van der Waals surface area contributed by atoms with Crippen LogP contribution in [0.3, 0.4) is 0 Å². The van der Waals surface area contributed by atoms with E-state index in [1.807, 2.05) is 6.92 Å². The van der Waals surface area contributed by atoms with E-state index in [1.54, 1.807) is 13.8 Å². The molecule has 0 aromatic carbocycles. The molecule has 0 aromatic rings. The fourth-order valence-electron chi connectivity index (χ4n) is 1.29. The highest BCUT2D eigenvalue weighted by Gasteiger charge is 2.35. The average Bonchev–Trinajstić information content (AvgIpc) is 2.20. The Morgan fingerprint density at radius 3 is 2.24 bits per heavy atom. The number of amides is 1. The van der Waals surface area contributed by atoms with E-state index in [0.717, 1.165) is 11.3 Å². The van der Waals surface area contributed by atoms with Crippen molar-refractivity contribution in [2.45, 2.75) is 44.6 Å². The van der Waals surface area contributed by atoms with Gasteiger partial charge in [0.1, 0.15) is 6.54 Å². The van der Waals surface area contributed by atoms with Crippen LogP contribution in [-0.2, 0) is 4.79 Å². The van der Waals surface area contributed by atoms with Crippen LogP contribution in [0, 0.1) is 5.92 Å². The molecular formula is C11H19BrF3NO. The Morgan fingerprint density at radius 2 is 1.88 bits per heavy atom. The van der Waals surface area contributed by atoms with Gasteiger partial charge in [-0.3, -0.25) is 4.79 Å². The number of carbonyl (C=O) groups excluding carboxylic acids is 1. The molecule has 0 N–H and O–H groups in total. The van der Waals surface area contributed by atoms with Crippen LogP contribution in [0.15, 0.2) is 0 Å². The van der Waals surface area contributed by atoms with Crippen molar-refractivity contribution in [3.05, 3.63) is 0 Å². The first-order valence-electron chi connectivity index (χ1n) is 5.68. The van der Waals surface area contributed by atoms with Gasteiger partial charge in [-0.1, -0.05) is 43.1 Å². The highest BCUT2D eigenvalue weighted by atomic mass is 79.9. The minimum atomic E-state index is -4.34. The van der Waals surface area contributed by atoms with Gasteiger partial charge in [-0.25, -0.2) is 0 Å². The molecule has 0 fully saturated rings. The van der Waals surface area contributed by atoms with E-state index in [1.165, 1.54) is 0 Å². The number of hydrogen-bond acceptors (Lipinski definition) is 1. The lowest BCUT2D eigenvalue weighted by Crippen LogP contribution is -2.44. The molecule has 0 spiro atoms. The number of nitrogens with zero attached hydrogens (tertiary/aromatic N) is 1. The summed E-state index contributed by atoms with van der Waals surface area (Å²) in [6.45, 7) is 4.46. The standard InChI is InChI=1S/C11H19BrF3NO/c1-4-5-6-16(7-11(13,14)15)10(17)9(12)8(2)3/h8-9H,4-7H2,1-3H3. The van der Waals surface area contributed by atoms with Crippen molar-refractivity contribution in [1.29, 1.82) is 0 Å². The Kier molecular flexibility index (Phi) is 7.13. The van der Waals surface area contributed by atoms with E-state index >= 15 is 0 Å². The molecule has 1 amide bonds. The third kappa shape index (κ3) is 6.91. The normalized spacial score (nSPS) is 13.9. The molecule has 102 valence electrons. The van der Waals surface area contributed by atoms with Crippen molar-refractivity contribution in [3.8, 4) is 0 Å². The maximum Gasteiger partial charge on any atom is 0.406 e. The third-order valence-corrected chi connectivity index (χ3v) is 3.73. The Hall–Kier alpha value is -0.260. The number of alkyl halides is 4. The largest absolute Gasteiger partial charge is 0.406 e. The van der Waals surface area contributed by atoms with Gasteiger partial charge in [0.25, 0.3) is 0 Å². The van der Waals surface area contributed by atoms with E-state index in [2.05, 4.69) is 15.9 Å². The van der Waals surface area contributed by atoms with Crippen molar-refractivity contribution in [2.24, 2.45) is 5.92 Å². The summed E-state index contributed by atoms with van der Waals surface area (Å²) in [6.07, 6.45) is -3.00. The minimum Gasteiger partial charge on any atom is -0.333 e. The molecule has 17 heavy (non-hydrogen) atoms. The SMILES string of the molecule is CCCCN(CC(F)(F)F)C(=O)C(Br)C(C)C. The van der Waals surface area contributed by atoms with Gasteiger partial charge in [0.15, 0.2) is 0 Å². The number of unbranched alkanes of at least 4 members (excludes halogenated alkanes) is 1. The number of carbonyl (C=O) groups is 1. The summed E-state index contributed by atoms with van der Waals surface area (Å²) in [5.74, 6) is -0.509. The summed E-state index contributed by atoms with van der Waals surface area (Å²) < 4.78 is 37.0. The van der Waals surface area contributed by atoms with Gasteiger partial charge in [0.05, 0.1) is 4.83 Å². The average molecular weight is 318 g/mol. The summed E-state index contributed by atoms with van der Waals surface area (Å²) in [7, 11) is 0. The van der Waals surface area contributed by atoms with Crippen LogP contribution < -0.4 is 0 Å². The van der Waals surface area contributed by atoms with Crippen molar-refractivity contribution in [1.82, 2.24) is 4.90 Å². The first-order valence-corrected chi connectivity index (χ1v) is 6.60. The van der Waals surface area contributed by atoms with Gasteiger partial charge in [0.2, 0.25) is 5.91 Å². The minimum absolute atomic E-state index is 0.0279. The Morgan fingerprint density at radius 1 is 1.35 bits per heavy atom. The molecule has 0 heterocycles. The number of halogens is 4. The molecule has 0 aliphatic rings. The second-order valence-electron chi connectivity index (χ2n) is 4.37. The second-order valence-corrected chi connectivity index (χ2v) is 5.36. The zero-order valence-corrected chi connectivity index (χ0v) is 11.9.